The number of nitrogens with one attached hydrogen (secondary N) is 1. The third-order valence-corrected chi connectivity index (χ3v) is 4.44. The van der Waals surface area contributed by atoms with Crippen LogP contribution in [0.4, 0.5) is 0 Å². The van der Waals surface area contributed by atoms with Gasteiger partial charge in [0.25, 0.3) is 0 Å². The van der Waals surface area contributed by atoms with Gasteiger partial charge in [0.1, 0.15) is 5.69 Å². The Morgan fingerprint density at radius 2 is 2.14 bits per heavy atom. The lowest BCUT2D eigenvalue weighted by molar-refractivity contribution is -0.125. The van der Waals surface area contributed by atoms with E-state index in [4.69, 9.17) is 16.1 Å². The molecule has 116 valence electrons. The lowest BCUT2D eigenvalue weighted by atomic mass is 10.1. The zero-order valence-corrected chi connectivity index (χ0v) is 13.3. The first-order chi connectivity index (χ1) is 10.6. The number of hydrogen-bond donors (Lipinski definition) is 1. The van der Waals surface area contributed by atoms with E-state index in [1.165, 1.54) is 0 Å². The Balaban J connectivity index is 1.64. The topological polar surface area (TPSA) is 55.1 Å². The fraction of sp³-hybridized carbons (Fsp3) is 0.412. The first-order valence-corrected chi connectivity index (χ1v) is 8.01. The normalized spacial score (nSPS) is 15.2. The van der Waals surface area contributed by atoms with Gasteiger partial charge in [0.15, 0.2) is 5.76 Å². The summed E-state index contributed by atoms with van der Waals surface area (Å²) in [6.07, 6.45) is 4.28. The van der Waals surface area contributed by atoms with Crippen LogP contribution in [0.3, 0.4) is 0 Å². The second-order valence-corrected chi connectivity index (χ2v) is 6.27. The van der Waals surface area contributed by atoms with Gasteiger partial charge in [-0.05, 0) is 31.4 Å². The van der Waals surface area contributed by atoms with Gasteiger partial charge in [-0.1, -0.05) is 41.7 Å². The maximum Gasteiger partial charge on any atom is 0.223 e. The van der Waals surface area contributed by atoms with Gasteiger partial charge in [0.2, 0.25) is 5.91 Å². The summed E-state index contributed by atoms with van der Waals surface area (Å²) < 4.78 is 5.29. The molecule has 3 rings (SSSR count). The summed E-state index contributed by atoms with van der Waals surface area (Å²) in [7, 11) is 0. The molecule has 1 heterocycles. The summed E-state index contributed by atoms with van der Waals surface area (Å²) in [5.41, 5.74) is 2.63. The van der Waals surface area contributed by atoms with Gasteiger partial charge in [0.05, 0.1) is 11.6 Å². The molecule has 1 aliphatic carbocycles. The Kier molecular flexibility index (Phi) is 4.48. The van der Waals surface area contributed by atoms with E-state index in [1.807, 2.05) is 31.2 Å². The van der Waals surface area contributed by atoms with E-state index in [0.29, 0.717) is 23.0 Å². The van der Waals surface area contributed by atoms with Crippen molar-refractivity contribution in [2.45, 2.75) is 39.2 Å². The summed E-state index contributed by atoms with van der Waals surface area (Å²) >= 11 is 6.24. The summed E-state index contributed by atoms with van der Waals surface area (Å²) in [5, 5.41) is 7.61. The molecule has 1 aromatic heterocycles. The third kappa shape index (κ3) is 3.33. The van der Waals surface area contributed by atoms with Crippen LogP contribution in [-0.2, 0) is 11.3 Å². The number of benzene rings is 1. The van der Waals surface area contributed by atoms with E-state index in [1.54, 1.807) is 0 Å². The first kappa shape index (κ1) is 15.1. The van der Waals surface area contributed by atoms with Crippen molar-refractivity contribution >= 4 is 17.5 Å². The van der Waals surface area contributed by atoms with Gasteiger partial charge in [0, 0.05) is 17.5 Å². The van der Waals surface area contributed by atoms with Crippen molar-refractivity contribution < 1.29 is 9.32 Å². The fourth-order valence-electron chi connectivity index (χ4n) is 2.86. The molecule has 1 aromatic carbocycles. The Bertz CT molecular complexity index is 675. The monoisotopic (exact) mass is 318 g/mol. The van der Waals surface area contributed by atoms with Crippen LogP contribution >= 0.6 is 11.6 Å². The largest absolute Gasteiger partial charge is 0.359 e. The van der Waals surface area contributed by atoms with Crippen LogP contribution in [0.1, 0.15) is 37.0 Å². The number of halogens is 1. The molecule has 1 N–H and O–H groups in total. The molecule has 4 nitrogen and oxygen atoms in total. The van der Waals surface area contributed by atoms with Crippen LogP contribution in [0.5, 0.6) is 0 Å². The zero-order valence-electron chi connectivity index (χ0n) is 12.6. The van der Waals surface area contributed by atoms with Crippen LogP contribution in [0, 0.1) is 12.8 Å². The molecule has 1 amide bonds. The molecule has 5 heteroatoms. The van der Waals surface area contributed by atoms with Crippen molar-refractivity contribution in [3.63, 3.8) is 0 Å². The predicted molar refractivity (Wildman–Crippen MR) is 85.5 cm³/mol. The van der Waals surface area contributed by atoms with Gasteiger partial charge < -0.3 is 9.84 Å². The van der Waals surface area contributed by atoms with Gasteiger partial charge in [-0.3, -0.25) is 4.79 Å². The summed E-state index contributed by atoms with van der Waals surface area (Å²) in [6, 6.07) is 7.63. The molecule has 0 aliphatic heterocycles. The van der Waals surface area contributed by atoms with E-state index < -0.39 is 0 Å². The predicted octanol–water partition coefficient (Wildman–Crippen LogP) is 4.11. The minimum Gasteiger partial charge on any atom is -0.359 e. The fourth-order valence-corrected chi connectivity index (χ4v) is 3.19. The van der Waals surface area contributed by atoms with Crippen LogP contribution < -0.4 is 5.32 Å². The van der Waals surface area contributed by atoms with E-state index in [-0.39, 0.29) is 11.8 Å². The van der Waals surface area contributed by atoms with Crippen LogP contribution in [0.15, 0.2) is 28.8 Å². The van der Waals surface area contributed by atoms with Crippen molar-refractivity contribution in [1.29, 1.82) is 0 Å². The highest BCUT2D eigenvalue weighted by Gasteiger charge is 2.22. The third-order valence-electron chi connectivity index (χ3n) is 4.12. The maximum absolute atomic E-state index is 12.0. The quantitative estimate of drug-likeness (QED) is 0.923. The van der Waals surface area contributed by atoms with Crippen molar-refractivity contribution in [2.24, 2.45) is 5.92 Å². The molecular formula is C17H19ClN2O2. The van der Waals surface area contributed by atoms with Crippen molar-refractivity contribution in [1.82, 2.24) is 10.5 Å². The highest BCUT2D eigenvalue weighted by molar-refractivity contribution is 6.33. The summed E-state index contributed by atoms with van der Waals surface area (Å²) in [6.45, 7) is 2.36. The molecular weight excluding hydrogens is 300 g/mol. The molecule has 0 bridgehead atoms. The standard InChI is InChI=1S/C17H19ClN2O2/c1-11-6-7-14(15(18)8-11)16-9-13(22-20-16)10-19-17(21)12-4-2-3-5-12/h6-9,12H,2-5,10H2,1H3,(H,19,21). The average molecular weight is 319 g/mol. The number of aromatic nitrogens is 1. The molecule has 2 aromatic rings. The van der Waals surface area contributed by atoms with Gasteiger partial charge in [-0.25, -0.2) is 0 Å². The van der Waals surface area contributed by atoms with Crippen molar-refractivity contribution in [3.8, 4) is 11.3 Å². The second kappa shape index (κ2) is 6.53. The average Bonchev–Trinajstić information content (AvgIpc) is 3.16. The number of rotatable bonds is 4. The number of aryl methyl sites for hydroxylation is 1. The van der Waals surface area contributed by atoms with E-state index in [0.717, 1.165) is 36.8 Å². The first-order valence-electron chi connectivity index (χ1n) is 7.63. The van der Waals surface area contributed by atoms with Gasteiger partial charge in [-0.2, -0.15) is 0 Å². The molecule has 0 radical (unpaired) electrons. The molecule has 0 spiro atoms. The highest BCUT2D eigenvalue weighted by atomic mass is 35.5. The van der Waals surface area contributed by atoms with E-state index >= 15 is 0 Å². The number of amides is 1. The molecule has 1 aliphatic rings. The van der Waals surface area contributed by atoms with E-state index in [9.17, 15) is 4.79 Å². The molecule has 0 saturated heterocycles. The van der Waals surface area contributed by atoms with Crippen LogP contribution in [0.25, 0.3) is 11.3 Å². The smallest absolute Gasteiger partial charge is 0.223 e. The SMILES string of the molecule is Cc1ccc(-c2cc(CNC(=O)C3CCCC3)on2)c(Cl)c1. The lowest BCUT2D eigenvalue weighted by Crippen LogP contribution is -2.28. The molecule has 0 unspecified atom stereocenters. The lowest BCUT2D eigenvalue weighted by Gasteiger charge is -2.08. The zero-order chi connectivity index (χ0) is 15.5. The van der Waals surface area contributed by atoms with E-state index in [2.05, 4.69) is 10.5 Å². The molecule has 0 atom stereocenters. The molecule has 1 saturated carbocycles. The second-order valence-electron chi connectivity index (χ2n) is 5.86. The maximum atomic E-state index is 12.0. The summed E-state index contributed by atoms with van der Waals surface area (Å²) in [4.78, 5) is 12.0. The number of nitrogens with zero attached hydrogens (tertiary/aromatic N) is 1. The minimum absolute atomic E-state index is 0.115. The summed E-state index contributed by atoms with van der Waals surface area (Å²) in [5.74, 6) is 0.913. The number of hydrogen-bond acceptors (Lipinski definition) is 3. The minimum atomic E-state index is 0.115. The Morgan fingerprint density at radius 3 is 2.86 bits per heavy atom. The Hall–Kier alpha value is -1.81. The van der Waals surface area contributed by atoms with Gasteiger partial charge in [-0.15, -0.1) is 0 Å². The van der Waals surface area contributed by atoms with Crippen molar-refractivity contribution in [2.75, 3.05) is 0 Å². The molecule has 1 fully saturated rings. The Labute approximate surface area is 134 Å². The van der Waals surface area contributed by atoms with Crippen LogP contribution in [-0.4, -0.2) is 11.1 Å². The van der Waals surface area contributed by atoms with Crippen molar-refractivity contribution in [3.05, 3.63) is 40.6 Å². The number of carbonyl (C=O) groups excluding carboxylic acids is 1. The van der Waals surface area contributed by atoms with Gasteiger partial charge >= 0.3 is 0 Å². The molecule has 22 heavy (non-hydrogen) atoms. The number of carbonyl (C=O) groups is 1. The van der Waals surface area contributed by atoms with Crippen LogP contribution in [0.2, 0.25) is 5.02 Å². The highest BCUT2D eigenvalue weighted by Crippen LogP contribution is 2.28. The Morgan fingerprint density at radius 1 is 1.36 bits per heavy atom.